The zero-order chi connectivity index (χ0) is 24.6. The number of thiazole rings is 1. The van der Waals surface area contributed by atoms with Gasteiger partial charge in [-0.2, -0.15) is 0 Å². The van der Waals surface area contributed by atoms with Gasteiger partial charge in [0.2, 0.25) is 17.7 Å². The Morgan fingerprint density at radius 2 is 1.69 bits per heavy atom. The van der Waals surface area contributed by atoms with Gasteiger partial charge in [0.05, 0.1) is 0 Å². The summed E-state index contributed by atoms with van der Waals surface area (Å²) in [4.78, 5) is 45.6. The lowest BCUT2D eigenvalue weighted by Crippen LogP contribution is -2.50. The van der Waals surface area contributed by atoms with Gasteiger partial charge in [-0.3, -0.25) is 14.4 Å². The number of nitrogens with one attached hydrogen (secondary N) is 2. The molecule has 2 saturated carbocycles. The van der Waals surface area contributed by atoms with Gasteiger partial charge in [0.25, 0.3) is 0 Å². The van der Waals surface area contributed by atoms with Crippen LogP contribution in [-0.4, -0.2) is 44.8 Å². The Labute approximate surface area is 210 Å². The second-order valence-corrected chi connectivity index (χ2v) is 10.4. The highest BCUT2D eigenvalue weighted by molar-refractivity contribution is 7.13. The lowest BCUT2D eigenvalue weighted by Gasteiger charge is -2.40. The van der Waals surface area contributed by atoms with Crippen molar-refractivity contribution >= 4 is 34.2 Å². The molecule has 35 heavy (non-hydrogen) atoms. The van der Waals surface area contributed by atoms with Gasteiger partial charge in [0.15, 0.2) is 5.13 Å². The zero-order valence-corrected chi connectivity index (χ0v) is 20.8. The minimum Gasteiger partial charge on any atom is -0.508 e. The van der Waals surface area contributed by atoms with Gasteiger partial charge in [0, 0.05) is 36.5 Å². The van der Waals surface area contributed by atoms with Crippen LogP contribution in [-0.2, 0) is 14.4 Å². The summed E-state index contributed by atoms with van der Waals surface area (Å²) in [5, 5.41) is 18.0. The Bertz CT molecular complexity index is 983. The van der Waals surface area contributed by atoms with Crippen molar-refractivity contribution in [2.75, 3.05) is 5.32 Å². The third-order valence-electron chi connectivity index (χ3n) is 6.94. The summed E-state index contributed by atoms with van der Waals surface area (Å²) >= 11 is 1.32. The molecule has 1 heterocycles. The van der Waals surface area contributed by atoms with Gasteiger partial charge >= 0.3 is 0 Å². The van der Waals surface area contributed by atoms with Crippen molar-refractivity contribution < 1.29 is 19.5 Å². The number of aromatic nitrogens is 1. The van der Waals surface area contributed by atoms with E-state index in [1.807, 2.05) is 0 Å². The molecule has 8 nitrogen and oxygen atoms in total. The van der Waals surface area contributed by atoms with Crippen molar-refractivity contribution in [1.82, 2.24) is 15.2 Å². The van der Waals surface area contributed by atoms with Gasteiger partial charge in [-0.15, -0.1) is 11.3 Å². The summed E-state index contributed by atoms with van der Waals surface area (Å²) in [5.74, 6) is -0.550. The van der Waals surface area contributed by atoms with E-state index in [2.05, 4.69) is 15.6 Å². The predicted molar refractivity (Wildman–Crippen MR) is 135 cm³/mol. The fourth-order valence-electron chi connectivity index (χ4n) is 5.18. The maximum absolute atomic E-state index is 13.7. The molecule has 2 fully saturated rings. The number of carbonyl (C=O) groups is 3. The van der Waals surface area contributed by atoms with Crippen molar-refractivity contribution in [1.29, 1.82) is 0 Å². The van der Waals surface area contributed by atoms with Gasteiger partial charge in [0.1, 0.15) is 11.8 Å². The lowest BCUT2D eigenvalue weighted by atomic mass is 9.91. The maximum atomic E-state index is 13.7. The van der Waals surface area contributed by atoms with E-state index in [4.69, 9.17) is 0 Å². The fraction of sp³-hybridized carbons (Fsp3) is 0.538. The van der Waals surface area contributed by atoms with Gasteiger partial charge < -0.3 is 20.6 Å². The summed E-state index contributed by atoms with van der Waals surface area (Å²) in [5.41, 5.74) is 0.671. The molecule has 1 aromatic heterocycles. The molecule has 0 aliphatic heterocycles. The number of carbonyl (C=O) groups excluding carboxylic acids is 3. The Morgan fingerprint density at radius 1 is 1.00 bits per heavy atom. The molecule has 0 spiro atoms. The largest absolute Gasteiger partial charge is 0.508 e. The van der Waals surface area contributed by atoms with Crippen LogP contribution < -0.4 is 10.6 Å². The first-order valence-corrected chi connectivity index (χ1v) is 13.5. The molecule has 1 unspecified atom stereocenters. The number of hydrogen-bond acceptors (Lipinski definition) is 6. The van der Waals surface area contributed by atoms with E-state index >= 15 is 0 Å². The molecule has 0 saturated heterocycles. The summed E-state index contributed by atoms with van der Waals surface area (Å²) < 4.78 is 0. The first-order valence-electron chi connectivity index (χ1n) is 12.6. The summed E-state index contributed by atoms with van der Waals surface area (Å²) in [6.45, 7) is 0. The highest BCUT2D eigenvalue weighted by atomic mass is 32.1. The third-order valence-corrected chi connectivity index (χ3v) is 7.63. The van der Waals surface area contributed by atoms with Gasteiger partial charge in [-0.05, 0) is 43.4 Å². The second kappa shape index (κ2) is 12.2. The molecule has 3 amide bonds. The Hall–Kier alpha value is -2.94. The number of aromatic hydroxyl groups is 1. The van der Waals surface area contributed by atoms with E-state index < -0.39 is 6.04 Å². The number of amides is 3. The Balaban J connectivity index is 1.56. The van der Waals surface area contributed by atoms with Crippen LogP contribution in [0.25, 0.3) is 0 Å². The average Bonchev–Trinajstić information content (AvgIpc) is 3.57. The monoisotopic (exact) mass is 498 g/mol. The molecular formula is C26H34N4O4S. The Morgan fingerprint density at radius 3 is 2.34 bits per heavy atom. The van der Waals surface area contributed by atoms with E-state index in [1.54, 1.807) is 40.7 Å². The van der Waals surface area contributed by atoms with E-state index in [-0.39, 0.29) is 48.4 Å². The zero-order valence-electron chi connectivity index (χ0n) is 19.9. The molecule has 2 aliphatic carbocycles. The molecule has 9 heteroatoms. The van der Waals surface area contributed by atoms with Gasteiger partial charge in [-0.25, -0.2) is 4.98 Å². The fourth-order valence-corrected chi connectivity index (χ4v) is 5.72. The van der Waals surface area contributed by atoms with E-state index in [0.717, 1.165) is 57.8 Å². The molecule has 0 radical (unpaired) electrons. The molecule has 2 aromatic rings. The summed E-state index contributed by atoms with van der Waals surface area (Å²) in [7, 11) is 0. The van der Waals surface area contributed by atoms with Gasteiger partial charge in [-0.1, -0.05) is 44.2 Å². The molecule has 4 rings (SSSR count). The van der Waals surface area contributed by atoms with Crippen molar-refractivity contribution in [2.24, 2.45) is 0 Å². The number of benzene rings is 1. The number of anilines is 1. The molecule has 1 atom stereocenters. The minimum atomic E-state index is -0.797. The van der Waals surface area contributed by atoms with Crippen LogP contribution in [0.5, 0.6) is 5.75 Å². The van der Waals surface area contributed by atoms with E-state index in [0.29, 0.717) is 10.7 Å². The van der Waals surface area contributed by atoms with Crippen LogP contribution in [0.4, 0.5) is 5.13 Å². The topological polar surface area (TPSA) is 112 Å². The van der Waals surface area contributed by atoms with Crippen LogP contribution in [0.3, 0.4) is 0 Å². The number of phenolic OH excluding ortho intramolecular Hbond substituents is 1. The van der Waals surface area contributed by atoms with Crippen molar-refractivity contribution in [2.45, 2.75) is 88.8 Å². The standard InChI is InChI=1S/C26H34N4O4S/c31-21-12-10-18(11-13-21)24(25(34)28-19-6-4-5-7-19)30(20-8-2-1-3-9-20)23(33)15-14-22(32)29-26-27-16-17-35-26/h10-13,16-17,19-20,24,31H,1-9,14-15H2,(H,28,34)(H,27,29,32). The molecule has 3 N–H and O–H groups in total. The second-order valence-electron chi connectivity index (χ2n) is 9.46. The molecule has 2 aliphatic rings. The van der Waals surface area contributed by atoms with Crippen molar-refractivity contribution in [3.63, 3.8) is 0 Å². The van der Waals surface area contributed by atoms with Crippen LogP contribution in [0.15, 0.2) is 35.8 Å². The highest BCUT2D eigenvalue weighted by Crippen LogP contribution is 2.33. The van der Waals surface area contributed by atoms with Crippen LogP contribution in [0.1, 0.15) is 82.2 Å². The third kappa shape index (κ3) is 6.81. The van der Waals surface area contributed by atoms with Crippen LogP contribution >= 0.6 is 11.3 Å². The first kappa shape index (κ1) is 25.2. The summed E-state index contributed by atoms with van der Waals surface area (Å²) in [6.07, 6.45) is 10.5. The minimum absolute atomic E-state index is 0.0129. The first-order chi connectivity index (χ1) is 17.0. The number of phenols is 1. The molecular weight excluding hydrogens is 464 g/mol. The SMILES string of the molecule is O=C(CCC(=O)N(C1CCCCC1)C(C(=O)NC1CCCC1)c1ccc(O)cc1)Nc1nccs1. The average molecular weight is 499 g/mol. The van der Waals surface area contributed by atoms with E-state index in [1.165, 1.54) is 11.3 Å². The van der Waals surface area contributed by atoms with Crippen molar-refractivity contribution in [3.05, 3.63) is 41.4 Å². The number of hydrogen-bond donors (Lipinski definition) is 3. The molecule has 188 valence electrons. The molecule has 0 bridgehead atoms. The maximum Gasteiger partial charge on any atom is 0.247 e. The number of rotatable bonds is 9. The Kier molecular flexibility index (Phi) is 8.74. The normalized spacial score (nSPS) is 17.6. The van der Waals surface area contributed by atoms with Crippen molar-refractivity contribution in [3.8, 4) is 5.75 Å². The lowest BCUT2D eigenvalue weighted by molar-refractivity contribution is -0.145. The van der Waals surface area contributed by atoms with Crippen LogP contribution in [0, 0.1) is 0 Å². The van der Waals surface area contributed by atoms with Crippen LogP contribution in [0.2, 0.25) is 0 Å². The smallest absolute Gasteiger partial charge is 0.247 e. The highest BCUT2D eigenvalue weighted by Gasteiger charge is 2.37. The quantitative estimate of drug-likeness (QED) is 0.470. The molecule has 1 aromatic carbocycles. The predicted octanol–water partition coefficient (Wildman–Crippen LogP) is 4.53. The number of nitrogens with zero attached hydrogens (tertiary/aromatic N) is 2. The van der Waals surface area contributed by atoms with E-state index in [9.17, 15) is 19.5 Å². The summed E-state index contributed by atoms with van der Waals surface area (Å²) in [6, 6.07) is 5.79.